The molecule has 1 atom stereocenters. The lowest BCUT2D eigenvalue weighted by Gasteiger charge is -2.21. The van der Waals surface area contributed by atoms with Crippen molar-refractivity contribution in [2.24, 2.45) is 0 Å². The van der Waals surface area contributed by atoms with Crippen molar-refractivity contribution in [1.82, 2.24) is 24.4 Å². The molecule has 1 aliphatic heterocycles. The number of hydrogen-bond donors (Lipinski definition) is 0. The Labute approximate surface area is 143 Å². The summed E-state index contributed by atoms with van der Waals surface area (Å²) in [5, 5.41) is 6.00. The number of likely N-dealkylation sites (tertiary alicyclic amines) is 1. The minimum Gasteiger partial charge on any atom is -0.337 e. The number of imidazole rings is 1. The lowest BCUT2D eigenvalue weighted by molar-refractivity contribution is -0.131. The average molecular weight is 345 g/mol. The molecule has 126 valence electrons. The fourth-order valence-corrected chi connectivity index (χ4v) is 3.78. The maximum atomic E-state index is 12.7. The Morgan fingerprint density at radius 2 is 2.33 bits per heavy atom. The summed E-state index contributed by atoms with van der Waals surface area (Å²) < 4.78 is 7.35. The van der Waals surface area contributed by atoms with Crippen molar-refractivity contribution >= 4 is 22.2 Å². The molecule has 0 spiro atoms. The van der Waals surface area contributed by atoms with Gasteiger partial charge in [0, 0.05) is 30.2 Å². The SMILES string of the molecule is CC(C)c1noc([C@H]2CCCN2C(=O)Cc2cn3ccsc3n2)n1. The van der Waals surface area contributed by atoms with E-state index < -0.39 is 0 Å². The Bertz CT molecular complexity index is 836. The van der Waals surface area contributed by atoms with Crippen LogP contribution >= 0.6 is 11.3 Å². The van der Waals surface area contributed by atoms with Crippen LogP contribution in [0.3, 0.4) is 0 Å². The van der Waals surface area contributed by atoms with Gasteiger partial charge >= 0.3 is 0 Å². The van der Waals surface area contributed by atoms with E-state index in [4.69, 9.17) is 4.52 Å². The number of amides is 1. The molecule has 4 heterocycles. The summed E-state index contributed by atoms with van der Waals surface area (Å²) in [5.41, 5.74) is 0.797. The average Bonchev–Trinajstić information content (AvgIpc) is 3.29. The van der Waals surface area contributed by atoms with E-state index in [1.165, 1.54) is 0 Å². The summed E-state index contributed by atoms with van der Waals surface area (Å²) >= 11 is 1.56. The zero-order valence-corrected chi connectivity index (χ0v) is 14.5. The third-order valence-corrected chi connectivity index (χ3v) is 5.08. The van der Waals surface area contributed by atoms with Crippen LogP contribution < -0.4 is 0 Å². The van der Waals surface area contributed by atoms with Crippen LogP contribution in [0.2, 0.25) is 0 Å². The van der Waals surface area contributed by atoms with E-state index in [-0.39, 0.29) is 17.9 Å². The molecule has 0 N–H and O–H groups in total. The van der Waals surface area contributed by atoms with Gasteiger partial charge in [-0.2, -0.15) is 4.98 Å². The third kappa shape index (κ3) is 2.71. The zero-order chi connectivity index (χ0) is 16.7. The van der Waals surface area contributed by atoms with Crippen molar-refractivity contribution in [2.75, 3.05) is 6.54 Å². The highest BCUT2D eigenvalue weighted by molar-refractivity contribution is 7.15. The highest BCUT2D eigenvalue weighted by atomic mass is 32.1. The first-order valence-electron chi connectivity index (χ1n) is 8.16. The summed E-state index contributed by atoms with van der Waals surface area (Å²) in [6.45, 7) is 4.78. The number of hydrogen-bond acceptors (Lipinski definition) is 6. The number of nitrogens with zero attached hydrogens (tertiary/aromatic N) is 5. The molecule has 3 aromatic rings. The van der Waals surface area contributed by atoms with Gasteiger partial charge in [0.2, 0.25) is 11.8 Å². The van der Waals surface area contributed by atoms with Crippen LogP contribution in [0.1, 0.15) is 56.1 Å². The van der Waals surface area contributed by atoms with E-state index in [2.05, 4.69) is 15.1 Å². The topological polar surface area (TPSA) is 76.5 Å². The van der Waals surface area contributed by atoms with Gasteiger partial charge in [-0.1, -0.05) is 19.0 Å². The van der Waals surface area contributed by atoms with E-state index in [0.29, 0.717) is 18.1 Å². The van der Waals surface area contributed by atoms with Gasteiger partial charge in [-0.05, 0) is 12.8 Å². The van der Waals surface area contributed by atoms with Crippen LogP contribution in [-0.2, 0) is 11.2 Å². The van der Waals surface area contributed by atoms with Crippen molar-refractivity contribution in [3.8, 4) is 0 Å². The Kier molecular flexibility index (Phi) is 3.84. The van der Waals surface area contributed by atoms with Crippen LogP contribution in [0.5, 0.6) is 0 Å². The predicted molar refractivity (Wildman–Crippen MR) is 88.8 cm³/mol. The highest BCUT2D eigenvalue weighted by Gasteiger charge is 2.34. The molecule has 0 bridgehead atoms. The van der Waals surface area contributed by atoms with Crippen molar-refractivity contribution < 1.29 is 9.32 Å². The Hall–Kier alpha value is -2.22. The van der Waals surface area contributed by atoms with Gasteiger partial charge in [0.05, 0.1) is 12.1 Å². The smallest absolute Gasteiger partial charge is 0.249 e. The van der Waals surface area contributed by atoms with Crippen molar-refractivity contribution in [3.63, 3.8) is 0 Å². The van der Waals surface area contributed by atoms with E-state index in [1.54, 1.807) is 11.3 Å². The first-order chi connectivity index (χ1) is 11.6. The van der Waals surface area contributed by atoms with E-state index in [9.17, 15) is 4.79 Å². The highest BCUT2D eigenvalue weighted by Crippen LogP contribution is 2.32. The minimum absolute atomic E-state index is 0.0625. The molecule has 1 amide bonds. The summed E-state index contributed by atoms with van der Waals surface area (Å²) in [6, 6.07) is -0.110. The molecule has 0 radical (unpaired) electrons. The van der Waals surface area contributed by atoms with Gasteiger partial charge in [0.15, 0.2) is 10.8 Å². The quantitative estimate of drug-likeness (QED) is 0.727. The van der Waals surface area contributed by atoms with Crippen LogP contribution in [0.4, 0.5) is 0 Å². The standard InChI is InChI=1S/C16H19N5O2S/c1-10(2)14-18-15(23-19-14)12-4-3-5-21(12)13(22)8-11-9-20-6-7-24-16(20)17-11/h6-7,9-10,12H,3-5,8H2,1-2H3/t12-/m1/s1. The number of rotatable bonds is 4. The summed E-state index contributed by atoms with van der Waals surface area (Å²) in [6.07, 6.45) is 5.98. The Morgan fingerprint density at radius 3 is 3.08 bits per heavy atom. The largest absolute Gasteiger partial charge is 0.337 e. The molecule has 24 heavy (non-hydrogen) atoms. The van der Waals surface area contributed by atoms with E-state index in [0.717, 1.165) is 30.0 Å². The van der Waals surface area contributed by atoms with Crippen LogP contribution in [0.15, 0.2) is 22.3 Å². The molecule has 0 aliphatic carbocycles. The molecule has 0 saturated carbocycles. The molecule has 1 fully saturated rings. The molecular weight excluding hydrogens is 326 g/mol. The van der Waals surface area contributed by atoms with Gasteiger partial charge < -0.3 is 9.42 Å². The fraction of sp³-hybridized carbons (Fsp3) is 0.500. The van der Waals surface area contributed by atoms with Gasteiger partial charge in [-0.3, -0.25) is 9.20 Å². The second kappa shape index (κ2) is 6.01. The Morgan fingerprint density at radius 1 is 1.46 bits per heavy atom. The maximum Gasteiger partial charge on any atom is 0.249 e. The molecule has 4 rings (SSSR count). The van der Waals surface area contributed by atoms with E-state index in [1.807, 2.05) is 40.9 Å². The summed E-state index contributed by atoms with van der Waals surface area (Å²) in [4.78, 5) is 24.5. The second-order valence-electron chi connectivity index (χ2n) is 6.39. The van der Waals surface area contributed by atoms with Crippen molar-refractivity contribution in [3.05, 3.63) is 35.2 Å². The molecular formula is C16H19N5O2S. The molecule has 7 nitrogen and oxygen atoms in total. The number of thiazole rings is 1. The minimum atomic E-state index is -0.110. The van der Waals surface area contributed by atoms with E-state index >= 15 is 0 Å². The summed E-state index contributed by atoms with van der Waals surface area (Å²) in [7, 11) is 0. The molecule has 1 aliphatic rings. The molecule has 3 aromatic heterocycles. The normalized spacial score (nSPS) is 18.1. The maximum absolute atomic E-state index is 12.7. The van der Waals surface area contributed by atoms with Gasteiger partial charge in [-0.15, -0.1) is 11.3 Å². The number of carbonyl (C=O) groups excluding carboxylic acids is 1. The van der Waals surface area contributed by atoms with Crippen LogP contribution in [0, 0.1) is 0 Å². The molecule has 0 aromatic carbocycles. The number of carbonyl (C=O) groups is 1. The van der Waals surface area contributed by atoms with Gasteiger partial charge in [0.25, 0.3) is 0 Å². The predicted octanol–water partition coefficient (Wildman–Crippen LogP) is 2.81. The van der Waals surface area contributed by atoms with Crippen molar-refractivity contribution in [2.45, 2.75) is 45.1 Å². The molecule has 1 saturated heterocycles. The van der Waals surface area contributed by atoms with Gasteiger partial charge in [0.1, 0.15) is 6.04 Å². The van der Waals surface area contributed by atoms with Crippen LogP contribution in [0.25, 0.3) is 4.96 Å². The second-order valence-corrected chi connectivity index (χ2v) is 7.27. The molecule has 8 heteroatoms. The lowest BCUT2D eigenvalue weighted by atomic mass is 10.2. The third-order valence-electron chi connectivity index (χ3n) is 4.31. The first kappa shape index (κ1) is 15.3. The van der Waals surface area contributed by atoms with Crippen LogP contribution in [-0.4, -0.2) is 36.9 Å². The molecule has 0 unspecified atom stereocenters. The van der Waals surface area contributed by atoms with Crippen molar-refractivity contribution in [1.29, 1.82) is 0 Å². The zero-order valence-electron chi connectivity index (χ0n) is 13.7. The fourth-order valence-electron chi connectivity index (χ4n) is 3.06. The number of fused-ring (bicyclic) bond motifs is 1. The monoisotopic (exact) mass is 345 g/mol. The first-order valence-corrected chi connectivity index (χ1v) is 9.04. The Balaban J connectivity index is 1.50. The van der Waals surface area contributed by atoms with Gasteiger partial charge in [-0.25, -0.2) is 4.98 Å². The summed E-state index contributed by atoms with van der Waals surface area (Å²) in [5.74, 6) is 1.52. The lowest BCUT2D eigenvalue weighted by Crippen LogP contribution is -2.32. The number of aromatic nitrogens is 4.